The maximum absolute atomic E-state index is 11.6. The molecule has 2 aliphatic rings. The average Bonchev–Trinajstić information content (AvgIpc) is 2.90. The second-order valence-corrected chi connectivity index (χ2v) is 6.72. The van der Waals surface area contributed by atoms with Crippen LogP contribution in [0.3, 0.4) is 0 Å². The van der Waals surface area contributed by atoms with Crippen LogP contribution in [0.25, 0.3) is 0 Å². The zero-order valence-electron chi connectivity index (χ0n) is 13.7. The molecule has 0 aliphatic carbocycles. The summed E-state index contributed by atoms with van der Waals surface area (Å²) in [5, 5.41) is 12.2. The van der Waals surface area contributed by atoms with E-state index in [1.165, 1.54) is 0 Å². The number of ether oxygens (including phenoxy) is 1. The highest BCUT2D eigenvalue weighted by Crippen LogP contribution is 2.34. The Morgan fingerprint density at radius 2 is 1.84 bits per heavy atom. The molecule has 0 saturated carbocycles. The van der Waals surface area contributed by atoms with Crippen LogP contribution in [0.1, 0.15) is 11.1 Å². The summed E-state index contributed by atoms with van der Waals surface area (Å²) in [5.41, 5.74) is 0.929. The molecule has 1 unspecified atom stereocenters. The molecular formula is C19H20BrClN2O2. The summed E-state index contributed by atoms with van der Waals surface area (Å²) in [7, 11) is 0. The van der Waals surface area contributed by atoms with Crippen LogP contribution < -0.4 is 17.0 Å². The van der Waals surface area contributed by atoms with Crippen LogP contribution in [0.5, 0.6) is 0 Å². The van der Waals surface area contributed by atoms with E-state index in [0.29, 0.717) is 31.3 Å². The summed E-state index contributed by atoms with van der Waals surface area (Å²) >= 11 is 6.02. The number of aliphatic hydroxyl groups is 1. The number of rotatable bonds is 3. The van der Waals surface area contributed by atoms with Crippen molar-refractivity contribution in [2.45, 2.75) is 12.3 Å². The van der Waals surface area contributed by atoms with Gasteiger partial charge in [-0.2, -0.15) is 0 Å². The Balaban J connectivity index is 0.00000182. The highest BCUT2D eigenvalue weighted by atomic mass is 79.9. The summed E-state index contributed by atoms with van der Waals surface area (Å²) < 4.78 is 7.87. The van der Waals surface area contributed by atoms with E-state index in [9.17, 15) is 5.11 Å². The SMILES string of the molecule is OC1(c2ccc(Cl)cc2)C[N+]2=C(COCC2)N1Cc1ccccc1.[Br-]. The van der Waals surface area contributed by atoms with Crippen LogP contribution in [0.4, 0.5) is 0 Å². The number of halogens is 2. The minimum absolute atomic E-state index is 0. The first-order valence-corrected chi connectivity index (χ1v) is 8.53. The Morgan fingerprint density at radius 1 is 1.12 bits per heavy atom. The molecule has 2 heterocycles. The number of hydrogen-bond donors (Lipinski definition) is 1. The van der Waals surface area contributed by atoms with Crippen LogP contribution in [0.15, 0.2) is 54.6 Å². The average molecular weight is 424 g/mol. The van der Waals surface area contributed by atoms with Crippen molar-refractivity contribution >= 4 is 17.4 Å². The van der Waals surface area contributed by atoms with E-state index in [1.54, 1.807) is 0 Å². The zero-order valence-corrected chi connectivity index (χ0v) is 16.1. The van der Waals surface area contributed by atoms with Crippen molar-refractivity contribution in [1.29, 1.82) is 0 Å². The lowest BCUT2D eigenvalue weighted by atomic mass is 10.0. The van der Waals surface area contributed by atoms with Crippen LogP contribution >= 0.6 is 11.6 Å². The van der Waals surface area contributed by atoms with Gasteiger partial charge in [0.2, 0.25) is 0 Å². The summed E-state index contributed by atoms with van der Waals surface area (Å²) in [5.74, 6) is 1.04. The molecule has 2 aromatic carbocycles. The number of amidine groups is 1. The molecule has 25 heavy (non-hydrogen) atoms. The van der Waals surface area contributed by atoms with Crippen LogP contribution in [-0.4, -0.2) is 46.7 Å². The number of benzene rings is 2. The summed E-state index contributed by atoms with van der Waals surface area (Å²) in [6.07, 6.45) is 0. The third-order valence-corrected chi connectivity index (χ3v) is 5.01. The largest absolute Gasteiger partial charge is 1.00 e. The van der Waals surface area contributed by atoms with E-state index < -0.39 is 5.72 Å². The molecule has 2 aliphatic heterocycles. The van der Waals surface area contributed by atoms with Gasteiger partial charge in [0, 0.05) is 10.6 Å². The van der Waals surface area contributed by atoms with Crippen molar-refractivity contribution in [1.82, 2.24) is 4.90 Å². The quantitative estimate of drug-likeness (QED) is 0.673. The lowest BCUT2D eigenvalue weighted by Crippen LogP contribution is -3.00. The van der Waals surface area contributed by atoms with E-state index in [4.69, 9.17) is 16.3 Å². The number of nitrogens with zero attached hydrogens (tertiary/aromatic N) is 2. The van der Waals surface area contributed by atoms with Gasteiger partial charge in [-0.05, 0) is 17.7 Å². The third kappa shape index (κ3) is 3.47. The first kappa shape index (κ1) is 18.4. The molecule has 6 heteroatoms. The van der Waals surface area contributed by atoms with Crippen LogP contribution in [-0.2, 0) is 17.0 Å². The Bertz CT molecular complexity index is 767. The molecule has 4 nitrogen and oxygen atoms in total. The van der Waals surface area contributed by atoms with E-state index in [-0.39, 0.29) is 17.0 Å². The number of hydrogen-bond acceptors (Lipinski definition) is 3. The molecule has 0 amide bonds. The van der Waals surface area contributed by atoms with Gasteiger partial charge in [0.05, 0.1) is 6.61 Å². The topological polar surface area (TPSA) is 35.7 Å². The van der Waals surface area contributed by atoms with Crippen molar-refractivity contribution in [3.63, 3.8) is 0 Å². The van der Waals surface area contributed by atoms with Crippen molar-refractivity contribution in [2.75, 3.05) is 26.3 Å². The minimum atomic E-state index is -1.08. The fraction of sp³-hybridized carbons (Fsp3) is 0.316. The maximum atomic E-state index is 11.6. The van der Waals surface area contributed by atoms with Crippen LogP contribution in [0, 0.1) is 0 Å². The Labute approximate surface area is 163 Å². The van der Waals surface area contributed by atoms with Crippen molar-refractivity contribution in [3.8, 4) is 0 Å². The Hall–Kier alpha value is -1.40. The van der Waals surface area contributed by atoms with Gasteiger partial charge < -0.3 is 26.8 Å². The van der Waals surface area contributed by atoms with E-state index in [1.807, 2.05) is 42.5 Å². The van der Waals surface area contributed by atoms with E-state index >= 15 is 0 Å². The van der Waals surface area contributed by atoms with Gasteiger partial charge in [0.25, 0.3) is 11.6 Å². The predicted molar refractivity (Wildman–Crippen MR) is 93.2 cm³/mol. The van der Waals surface area contributed by atoms with Gasteiger partial charge in [-0.25, -0.2) is 4.90 Å². The highest BCUT2D eigenvalue weighted by molar-refractivity contribution is 6.30. The first-order valence-electron chi connectivity index (χ1n) is 8.15. The van der Waals surface area contributed by atoms with Crippen molar-refractivity contribution in [3.05, 3.63) is 70.7 Å². The normalized spacial score (nSPS) is 22.6. The summed E-state index contributed by atoms with van der Waals surface area (Å²) in [6.45, 7) is 3.20. The first-order chi connectivity index (χ1) is 11.7. The van der Waals surface area contributed by atoms with Gasteiger partial charge >= 0.3 is 0 Å². The summed E-state index contributed by atoms with van der Waals surface area (Å²) in [4.78, 5) is 2.06. The van der Waals surface area contributed by atoms with E-state index in [0.717, 1.165) is 23.5 Å². The lowest BCUT2D eigenvalue weighted by molar-refractivity contribution is -0.544. The van der Waals surface area contributed by atoms with Crippen molar-refractivity contribution < 1.29 is 31.4 Å². The predicted octanol–water partition coefficient (Wildman–Crippen LogP) is -0.554. The molecule has 132 valence electrons. The van der Waals surface area contributed by atoms with Gasteiger partial charge in [0.15, 0.2) is 6.54 Å². The molecule has 0 spiro atoms. The third-order valence-electron chi connectivity index (χ3n) is 4.76. The molecule has 4 rings (SSSR count). The molecule has 0 radical (unpaired) electrons. The molecule has 0 saturated heterocycles. The highest BCUT2D eigenvalue weighted by Gasteiger charge is 2.53. The van der Waals surface area contributed by atoms with Gasteiger partial charge in [0.1, 0.15) is 19.7 Å². The van der Waals surface area contributed by atoms with Gasteiger partial charge in [-0.15, -0.1) is 0 Å². The van der Waals surface area contributed by atoms with Gasteiger partial charge in [-0.3, -0.25) is 4.58 Å². The molecule has 0 bridgehead atoms. The molecular weight excluding hydrogens is 404 g/mol. The van der Waals surface area contributed by atoms with Crippen LogP contribution in [0.2, 0.25) is 5.02 Å². The van der Waals surface area contributed by atoms with E-state index in [2.05, 4.69) is 21.6 Å². The second-order valence-electron chi connectivity index (χ2n) is 6.29. The monoisotopic (exact) mass is 422 g/mol. The Kier molecular flexibility index (Phi) is 5.49. The Morgan fingerprint density at radius 3 is 2.56 bits per heavy atom. The minimum Gasteiger partial charge on any atom is -1.00 e. The molecule has 1 atom stereocenters. The second kappa shape index (κ2) is 7.46. The van der Waals surface area contributed by atoms with Crippen molar-refractivity contribution in [2.24, 2.45) is 0 Å². The van der Waals surface area contributed by atoms with Gasteiger partial charge in [-0.1, -0.05) is 54.1 Å². The maximum Gasteiger partial charge on any atom is 0.276 e. The molecule has 0 fully saturated rings. The lowest BCUT2D eigenvalue weighted by Gasteiger charge is -2.29. The molecule has 2 aromatic rings. The fourth-order valence-corrected chi connectivity index (χ4v) is 3.62. The standard InChI is InChI=1S/C19H20ClN2O2.BrH/c20-17-8-6-16(7-9-17)19(23)14-21-10-11-24-13-18(21)22(19)12-15-4-2-1-3-5-15;/h1-9,23H,10-14H2;1H/q+1;/p-1. The zero-order chi connectivity index (χ0) is 16.6. The molecule has 1 N–H and O–H groups in total. The molecule has 0 aromatic heterocycles. The smallest absolute Gasteiger partial charge is 0.276 e. The summed E-state index contributed by atoms with van der Waals surface area (Å²) in [6, 6.07) is 17.7. The fourth-order valence-electron chi connectivity index (χ4n) is 3.49.